The number of hydrogen-bond acceptors (Lipinski definition) is 6. The van der Waals surface area contributed by atoms with Gasteiger partial charge in [0.25, 0.3) is 0 Å². The molecule has 0 spiro atoms. The van der Waals surface area contributed by atoms with Gasteiger partial charge in [-0.2, -0.15) is 0 Å². The topological polar surface area (TPSA) is 68.0 Å². The third-order valence-corrected chi connectivity index (χ3v) is 5.40. The van der Waals surface area contributed by atoms with Crippen LogP contribution in [0.25, 0.3) is 28.0 Å². The van der Waals surface area contributed by atoms with Crippen molar-refractivity contribution < 1.29 is 0 Å². The van der Waals surface area contributed by atoms with E-state index in [0.29, 0.717) is 12.4 Å². The van der Waals surface area contributed by atoms with Crippen molar-refractivity contribution in [3.8, 4) is 22.5 Å². The van der Waals surface area contributed by atoms with E-state index in [-0.39, 0.29) is 0 Å². The summed E-state index contributed by atoms with van der Waals surface area (Å²) in [5, 5.41) is 11.2. The fraction of sp³-hybridized carbons (Fsp3) is 0.0909. The molecule has 142 valence electrons. The Labute approximate surface area is 171 Å². The van der Waals surface area contributed by atoms with Crippen molar-refractivity contribution in [1.82, 2.24) is 24.6 Å². The number of nitrogens with zero attached hydrogens (tertiary/aromatic N) is 5. The Morgan fingerprint density at radius 2 is 1.97 bits per heavy atom. The van der Waals surface area contributed by atoms with Gasteiger partial charge in [0, 0.05) is 41.3 Å². The van der Waals surface area contributed by atoms with Crippen molar-refractivity contribution in [3.63, 3.8) is 0 Å². The molecule has 29 heavy (non-hydrogen) atoms. The summed E-state index contributed by atoms with van der Waals surface area (Å²) in [6, 6.07) is 14.4. The average Bonchev–Trinajstić information content (AvgIpc) is 3.42. The normalized spacial score (nSPS) is 11.1. The van der Waals surface area contributed by atoms with E-state index in [1.807, 2.05) is 59.7 Å². The molecule has 7 heteroatoms. The second-order valence-corrected chi connectivity index (χ2v) is 7.68. The number of benzene rings is 1. The first kappa shape index (κ1) is 17.5. The third-order valence-electron chi connectivity index (χ3n) is 4.62. The smallest absolute Gasteiger partial charge is 0.183 e. The van der Waals surface area contributed by atoms with Crippen LogP contribution < -0.4 is 5.32 Å². The highest BCUT2D eigenvalue weighted by molar-refractivity contribution is 7.09. The molecule has 0 atom stereocenters. The lowest BCUT2D eigenvalue weighted by atomic mass is 10.1. The Morgan fingerprint density at radius 3 is 2.76 bits per heavy atom. The zero-order valence-corrected chi connectivity index (χ0v) is 16.6. The number of hydrogen-bond donors (Lipinski definition) is 1. The summed E-state index contributed by atoms with van der Waals surface area (Å²) in [6.45, 7) is 2.62. The van der Waals surface area contributed by atoms with Crippen LogP contribution in [-0.4, -0.2) is 24.6 Å². The lowest BCUT2D eigenvalue weighted by molar-refractivity contribution is 0.907. The summed E-state index contributed by atoms with van der Waals surface area (Å²) >= 11 is 1.62. The molecule has 0 unspecified atom stereocenters. The maximum atomic E-state index is 4.86. The fourth-order valence-electron chi connectivity index (χ4n) is 3.30. The van der Waals surface area contributed by atoms with Crippen molar-refractivity contribution in [1.29, 1.82) is 0 Å². The van der Waals surface area contributed by atoms with E-state index in [0.717, 1.165) is 38.6 Å². The predicted molar refractivity (Wildman–Crippen MR) is 116 cm³/mol. The molecule has 0 saturated heterocycles. The van der Waals surface area contributed by atoms with Gasteiger partial charge in [0.2, 0.25) is 0 Å². The third kappa shape index (κ3) is 3.48. The number of anilines is 1. The Kier molecular flexibility index (Phi) is 4.50. The minimum Gasteiger partial charge on any atom is -0.362 e. The van der Waals surface area contributed by atoms with Gasteiger partial charge in [0.05, 0.1) is 6.54 Å². The van der Waals surface area contributed by atoms with E-state index in [9.17, 15) is 0 Å². The molecule has 1 N–H and O–H groups in total. The molecule has 0 saturated carbocycles. The predicted octanol–water partition coefficient (Wildman–Crippen LogP) is 4.84. The minimum absolute atomic E-state index is 0.606. The second-order valence-electron chi connectivity index (χ2n) is 6.70. The number of fused-ring (bicyclic) bond motifs is 1. The molecule has 6 nitrogen and oxygen atoms in total. The summed E-state index contributed by atoms with van der Waals surface area (Å²) < 4.78 is 1.89. The number of rotatable bonds is 5. The Bertz CT molecular complexity index is 1260. The van der Waals surface area contributed by atoms with Crippen molar-refractivity contribution in [2.45, 2.75) is 13.5 Å². The van der Waals surface area contributed by atoms with Crippen LogP contribution in [0.4, 0.5) is 5.82 Å². The van der Waals surface area contributed by atoms with Gasteiger partial charge in [-0.25, -0.2) is 14.5 Å². The van der Waals surface area contributed by atoms with Gasteiger partial charge in [0.1, 0.15) is 10.5 Å². The van der Waals surface area contributed by atoms with Crippen molar-refractivity contribution in [3.05, 3.63) is 83.2 Å². The highest BCUT2D eigenvalue weighted by Gasteiger charge is 2.15. The van der Waals surface area contributed by atoms with Crippen molar-refractivity contribution in [2.24, 2.45) is 0 Å². The van der Waals surface area contributed by atoms with Gasteiger partial charge in [0.15, 0.2) is 11.6 Å². The highest BCUT2D eigenvalue weighted by atomic mass is 32.1. The molecule has 1 aromatic carbocycles. The summed E-state index contributed by atoms with van der Waals surface area (Å²) in [6.07, 6.45) is 7.40. The zero-order chi connectivity index (χ0) is 19.6. The van der Waals surface area contributed by atoms with E-state index in [2.05, 4.69) is 33.5 Å². The summed E-state index contributed by atoms with van der Waals surface area (Å²) in [7, 11) is 0. The molecule has 0 aliphatic heterocycles. The maximum absolute atomic E-state index is 4.86. The number of aromatic nitrogens is 5. The van der Waals surface area contributed by atoms with Gasteiger partial charge in [-0.15, -0.1) is 16.4 Å². The molecular weight excluding hydrogens is 380 g/mol. The van der Waals surface area contributed by atoms with Crippen LogP contribution in [0.1, 0.15) is 10.6 Å². The van der Waals surface area contributed by atoms with Gasteiger partial charge in [-0.3, -0.25) is 4.98 Å². The standard InChI is InChI=1S/C22H18N6S/c1-15-11-17(13-23-12-15)21-26-22(25-14-19-24-8-10-29-19)20-18(7-9-28(20)27-21)16-5-3-2-4-6-16/h2-13H,14H2,1H3,(H,25,26,27). The maximum Gasteiger partial charge on any atom is 0.183 e. The van der Waals surface area contributed by atoms with Gasteiger partial charge in [-0.1, -0.05) is 30.3 Å². The van der Waals surface area contributed by atoms with E-state index in [4.69, 9.17) is 10.1 Å². The highest BCUT2D eigenvalue weighted by Crippen LogP contribution is 2.31. The molecule has 5 rings (SSSR count). The first-order valence-corrected chi connectivity index (χ1v) is 10.1. The number of nitrogens with one attached hydrogen (secondary N) is 1. The molecule has 0 bridgehead atoms. The Balaban J connectivity index is 1.66. The molecule has 0 amide bonds. The molecule has 4 aromatic heterocycles. The van der Waals surface area contributed by atoms with E-state index >= 15 is 0 Å². The fourth-order valence-corrected chi connectivity index (χ4v) is 3.85. The van der Waals surface area contributed by atoms with E-state index in [1.165, 1.54) is 0 Å². The van der Waals surface area contributed by atoms with Crippen LogP contribution in [0.2, 0.25) is 0 Å². The van der Waals surface area contributed by atoms with Crippen molar-refractivity contribution in [2.75, 3.05) is 5.32 Å². The average molecular weight is 398 g/mol. The van der Waals surface area contributed by atoms with Crippen LogP contribution in [0, 0.1) is 6.92 Å². The Hall–Kier alpha value is -3.58. The summed E-state index contributed by atoms with van der Waals surface area (Å²) in [5.41, 5.74) is 5.11. The quantitative estimate of drug-likeness (QED) is 0.459. The van der Waals surface area contributed by atoms with Gasteiger partial charge in [-0.05, 0) is 30.2 Å². The molecular formula is C22H18N6S. The van der Waals surface area contributed by atoms with Crippen molar-refractivity contribution >= 4 is 22.7 Å². The lowest BCUT2D eigenvalue weighted by Gasteiger charge is -2.11. The molecule has 5 aromatic rings. The second kappa shape index (κ2) is 7.44. The SMILES string of the molecule is Cc1cncc(-c2nc(NCc3nccs3)c3c(-c4ccccc4)ccn3n2)c1. The van der Waals surface area contributed by atoms with E-state index < -0.39 is 0 Å². The molecule has 4 heterocycles. The van der Waals surface area contributed by atoms with E-state index in [1.54, 1.807) is 17.5 Å². The van der Waals surface area contributed by atoms with Crippen LogP contribution in [0.5, 0.6) is 0 Å². The van der Waals surface area contributed by atoms with Gasteiger partial charge < -0.3 is 5.32 Å². The number of aryl methyl sites for hydroxylation is 1. The monoisotopic (exact) mass is 398 g/mol. The summed E-state index contributed by atoms with van der Waals surface area (Å²) in [5.74, 6) is 1.40. The van der Waals surface area contributed by atoms with Gasteiger partial charge >= 0.3 is 0 Å². The lowest BCUT2D eigenvalue weighted by Crippen LogP contribution is -2.07. The number of pyridine rings is 1. The van der Waals surface area contributed by atoms with Crippen LogP contribution in [0.15, 0.2) is 72.6 Å². The summed E-state index contributed by atoms with van der Waals surface area (Å²) in [4.78, 5) is 13.5. The van der Waals surface area contributed by atoms with Crippen LogP contribution in [-0.2, 0) is 6.54 Å². The first-order chi connectivity index (χ1) is 14.3. The largest absolute Gasteiger partial charge is 0.362 e. The Morgan fingerprint density at radius 1 is 1.07 bits per heavy atom. The first-order valence-electron chi connectivity index (χ1n) is 9.27. The minimum atomic E-state index is 0.606. The number of thiazole rings is 1. The molecule has 0 aliphatic carbocycles. The molecule has 0 fully saturated rings. The molecule has 0 radical (unpaired) electrons. The van der Waals surface area contributed by atoms with Crippen LogP contribution in [0.3, 0.4) is 0 Å². The van der Waals surface area contributed by atoms with Crippen LogP contribution >= 0.6 is 11.3 Å². The zero-order valence-electron chi connectivity index (χ0n) is 15.8. The molecule has 0 aliphatic rings.